The molecule has 1 fully saturated rings. The lowest BCUT2D eigenvalue weighted by atomic mass is 10.1. The van der Waals surface area contributed by atoms with Crippen molar-refractivity contribution in [3.8, 4) is 0 Å². The molecule has 2 amide bonds. The lowest BCUT2D eigenvalue weighted by molar-refractivity contribution is -0.132. The molecule has 2 atom stereocenters. The van der Waals surface area contributed by atoms with Gasteiger partial charge in [0.25, 0.3) is 0 Å². The number of carbonyl (C=O) groups excluding carboxylic acids is 2. The standard InChI is InChI=1S/C18H24N4O2/c1-11(16-20-13-7-5-6-8-14(13)21-16)19-17(24)12-9-15(23)22(10-12)18(2,3)4/h5-8,11-12H,9-10H2,1-4H3,(H,19,24)(H,20,21)/t11-,12-/m1/s1. The highest BCUT2D eigenvalue weighted by Gasteiger charge is 2.39. The first-order valence-electron chi connectivity index (χ1n) is 8.31. The fraction of sp³-hybridized carbons (Fsp3) is 0.500. The van der Waals surface area contributed by atoms with Crippen molar-refractivity contribution in [3.63, 3.8) is 0 Å². The van der Waals surface area contributed by atoms with Crippen molar-refractivity contribution in [2.45, 2.75) is 45.7 Å². The third kappa shape index (κ3) is 3.13. The van der Waals surface area contributed by atoms with Crippen molar-refractivity contribution in [1.29, 1.82) is 0 Å². The number of likely N-dealkylation sites (tertiary alicyclic amines) is 1. The van der Waals surface area contributed by atoms with Gasteiger partial charge in [-0.2, -0.15) is 0 Å². The second-order valence-electron chi connectivity index (χ2n) is 7.45. The molecule has 6 nitrogen and oxygen atoms in total. The van der Waals surface area contributed by atoms with E-state index in [2.05, 4.69) is 15.3 Å². The van der Waals surface area contributed by atoms with E-state index in [1.54, 1.807) is 4.90 Å². The number of imidazole rings is 1. The molecule has 1 aliphatic heterocycles. The number of rotatable bonds is 3. The molecule has 0 radical (unpaired) electrons. The molecule has 1 aromatic heterocycles. The number of aromatic nitrogens is 2. The predicted molar refractivity (Wildman–Crippen MR) is 92.2 cm³/mol. The fourth-order valence-electron chi connectivity index (χ4n) is 3.11. The van der Waals surface area contributed by atoms with E-state index in [4.69, 9.17) is 0 Å². The van der Waals surface area contributed by atoms with Crippen LogP contribution in [0.2, 0.25) is 0 Å². The van der Waals surface area contributed by atoms with Gasteiger partial charge in [-0.15, -0.1) is 0 Å². The van der Waals surface area contributed by atoms with Gasteiger partial charge in [0, 0.05) is 18.5 Å². The fourth-order valence-corrected chi connectivity index (χ4v) is 3.11. The molecule has 1 aromatic carbocycles. The highest BCUT2D eigenvalue weighted by molar-refractivity contribution is 5.89. The quantitative estimate of drug-likeness (QED) is 0.908. The van der Waals surface area contributed by atoms with Crippen molar-refractivity contribution in [2.75, 3.05) is 6.54 Å². The summed E-state index contributed by atoms with van der Waals surface area (Å²) >= 11 is 0. The molecule has 0 spiro atoms. The summed E-state index contributed by atoms with van der Waals surface area (Å²) in [4.78, 5) is 34.2. The number of hydrogen-bond donors (Lipinski definition) is 2. The lowest BCUT2D eigenvalue weighted by Crippen LogP contribution is -2.43. The third-order valence-corrected chi connectivity index (χ3v) is 4.48. The zero-order chi connectivity index (χ0) is 17.5. The maximum absolute atomic E-state index is 12.5. The average Bonchev–Trinajstić information content (AvgIpc) is 3.09. The minimum absolute atomic E-state index is 0.0408. The molecule has 2 aromatic rings. The van der Waals surface area contributed by atoms with E-state index in [9.17, 15) is 9.59 Å². The zero-order valence-corrected chi connectivity index (χ0v) is 14.6. The van der Waals surface area contributed by atoms with Crippen LogP contribution in [0.1, 0.15) is 46.0 Å². The number of carbonyl (C=O) groups is 2. The highest BCUT2D eigenvalue weighted by atomic mass is 16.2. The Morgan fingerprint density at radius 2 is 2.08 bits per heavy atom. The van der Waals surface area contributed by atoms with Crippen molar-refractivity contribution >= 4 is 22.8 Å². The molecule has 2 heterocycles. The van der Waals surface area contributed by atoms with E-state index in [0.29, 0.717) is 6.54 Å². The molecule has 1 aliphatic rings. The number of para-hydroxylation sites is 2. The molecule has 1 saturated heterocycles. The smallest absolute Gasteiger partial charge is 0.226 e. The van der Waals surface area contributed by atoms with Crippen LogP contribution in [0.25, 0.3) is 11.0 Å². The van der Waals surface area contributed by atoms with E-state index < -0.39 is 0 Å². The molecule has 3 rings (SSSR count). The number of benzene rings is 1. The molecule has 0 bridgehead atoms. The molecule has 2 N–H and O–H groups in total. The summed E-state index contributed by atoms with van der Waals surface area (Å²) in [6.45, 7) is 8.33. The van der Waals surface area contributed by atoms with E-state index in [-0.39, 0.29) is 35.7 Å². The molecule has 0 saturated carbocycles. The molecule has 128 valence electrons. The van der Waals surface area contributed by atoms with Crippen molar-refractivity contribution < 1.29 is 9.59 Å². The van der Waals surface area contributed by atoms with Gasteiger partial charge in [-0.05, 0) is 39.8 Å². The predicted octanol–water partition coefficient (Wildman–Crippen LogP) is 2.39. The molecule has 6 heteroatoms. The van der Waals surface area contributed by atoms with Crippen molar-refractivity contribution in [1.82, 2.24) is 20.2 Å². The van der Waals surface area contributed by atoms with E-state index in [1.807, 2.05) is 52.0 Å². The maximum Gasteiger partial charge on any atom is 0.226 e. The Balaban J connectivity index is 1.67. The van der Waals surface area contributed by atoms with Gasteiger partial charge in [-0.1, -0.05) is 12.1 Å². The summed E-state index contributed by atoms with van der Waals surface area (Å²) in [5, 5.41) is 2.98. The number of aromatic amines is 1. The van der Waals surface area contributed by atoms with Crippen molar-refractivity contribution in [2.24, 2.45) is 5.92 Å². The average molecular weight is 328 g/mol. The highest BCUT2D eigenvalue weighted by Crippen LogP contribution is 2.26. The number of nitrogens with one attached hydrogen (secondary N) is 2. The van der Waals surface area contributed by atoms with E-state index in [0.717, 1.165) is 16.9 Å². The van der Waals surface area contributed by atoms with Crippen LogP contribution in [0.4, 0.5) is 0 Å². The Bertz CT molecular complexity index is 742. The Labute approximate surface area is 141 Å². The van der Waals surface area contributed by atoms with Gasteiger partial charge in [0.15, 0.2) is 0 Å². The van der Waals surface area contributed by atoms with Gasteiger partial charge in [0.05, 0.1) is 23.0 Å². The summed E-state index contributed by atoms with van der Waals surface area (Å²) in [5.74, 6) is 0.368. The summed E-state index contributed by atoms with van der Waals surface area (Å²) in [7, 11) is 0. The SMILES string of the molecule is C[C@@H](NC(=O)[C@@H]1CC(=O)N(C(C)(C)C)C1)c1nc2ccccc2[nH]1. The molecular weight excluding hydrogens is 304 g/mol. The summed E-state index contributed by atoms with van der Waals surface area (Å²) in [5.41, 5.74) is 1.57. The Kier molecular flexibility index (Phi) is 4.07. The number of fused-ring (bicyclic) bond motifs is 1. The maximum atomic E-state index is 12.5. The van der Waals surface area contributed by atoms with Gasteiger partial charge >= 0.3 is 0 Å². The van der Waals surface area contributed by atoms with Gasteiger partial charge < -0.3 is 15.2 Å². The second-order valence-corrected chi connectivity index (χ2v) is 7.45. The van der Waals surface area contributed by atoms with Crippen LogP contribution in [-0.4, -0.2) is 38.8 Å². The van der Waals surface area contributed by atoms with E-state index >= 15 is 0 Å². The third-order valence-electron chi connectivity index (χ3n) is 4.48. The van der Waals surface area contributed by atoms with Gasteiger partial charge in [0.1, 0.15) is 5.82 Å². The van der Waals surface area contributed by atoms with Crippen molar-refractivity contribution in [3.05, 3.63) is 30.1 Å². The lowest BCUT2D eigenvalue weighted by Gasteiger charge is -2.32. The molecular formula is C18H24N4O2. The largest absolute Gasteiger partial charge is 0.346 e. The first-order chi connectivity index (χ1) is 11.3. The second kappa shape index (κ2) is 5.92. The number of hydrogen-bond acceptors (Lipinski definition) is 3. The molecule has 24 heavy (non-hydrogen) atoms. The van der Waals surface area contributed by atoms with E-state index in [1.165, 1.54) is 0 Å². The van der Waals surface area contributed by atoms with Gasteiger partial charge in [-0.25, -0.2) is 4.98 Å². The Morgan fingerprint density at radius 1 is 1.38 bits per heavy atom. The number of H-pyrrole nitrogens is 1. The minimum atomic E-state index is -0.302. The summed E-state index contributed by atoms with van der Waals surface area (Å²) in [6.07, 6.45) is 0.274. The van der Waals surface area contributed by atoms with Crippen LogP contribution >= 0.6 is 0 Å². The van der Waals surface area contributed by atoms with Gasteiger partial charge in [-0.3, -0.25) is 9.59 Å². The Hall–Kier alpha value is -2.37. The van der Waals surface area contributed by atoms with Crippen LogP contribution in [0.15, 0.2) is 24.3 Å². The van der Waals surface area contributed by atoms with Crippen LogP contribution in [-0.2, 0) is 9.59 Å². The Morgan fingerprint density at radius 3 is 2.71 bits per heavy atom. The first-order valence-corrected chi connectivity index (χ1v) is 8.31. The first kappa shape index (κ1) is 16.5. The molecule has 0 aliphatic carbocycles. The number of amides is 2. The molecule has 0 unspecified atom stereocenters. The number of nitrogens with zero attached hydrogens (tertiary/aromatic N) is 2. The minimum Gasteiger partial charge on any atom is -0.346 e. The van der Waals surface area contributed by atoms with Crippen LogP contribution in [0.3, 0.4) is 0 Å². The van der Waals surface area contributed by atoms with Crippen LogP contribution in [0.5, 0.6) is 0 Å². The topological polar surface area (TPSA) is 78.1 Å². The van der Waals surface area contributed by atoms with Gasteiger partial charge in [0.2, 0.25) is 11.8 Å². The summed E-state index contributed by atoms with van der Waals surface area (Å²) < 4.78 is 0. The monoisotopic (exact) mass is 328 g/mol. The summed E-state index contributed by atoms with van der Waals surface area (Å²) in [6, 6.07) is 7.53. The van der Waals surface area contributed by atoms with Crippen LogP contribution < -0.4 is 5.32 Å². The van der Waals surface area contributed by atoms with Crippen LogP contribution in [0, 0.1) is 5.92 Å². The zero-order valence-electron chi connectivity index (χ0n) is 14.6. The normalized spacial score (nSPS) is 19.8.